The number of rotatable bonds is 6. The van der Waals surface area contributed by atoms with Crippen LogP contribution in [0.4, 0.5) is 0 Å². The number of carboxylic acids is 1. The number of carbonyl (C=O) groups is 3. The molecule has 21 heavy (non-hydrogen) atoms. The number of aliphatic carboxylic acids is 1. The minimum atomic E-state index is -1.07. The second-order valence-corrected chi connectivity index (χ2v) is 4.79. The van der Waals surface area contributed by atoms with Crippen molar-refractivity contribution in [2.24, 2.45) is 5.73 Å². The third-order valence-corrected chi connectivity index (χ3v) is 2.76. The molecule has 0 spiro atoms. The molecule has 0 fully saturated rings. The van der Waals surface area contributed by atoms with Crippen LogP contribution in [0.15, 0.2) is 30.3 Å². The molecule has 112 valence electrons. The van der Waals surface area contributed by atoms with E-state index < -0.39 is 11.9 Å². The highest BCUT2D eigenvalue weighted by molar-refractivity contribution is 5.97. The maximum atomic E-state index is 12.4. The highest BCUT2D eigenvalue weighted by atomic mass is 16.4. The summed E-state index contributed by atoms with van der Waals surface area (Å²) in [6, 6.07) is 6.33. The lowest BCUT2D eigenvalue weighted by Crippen LogP contribution is -2.42. The van der Waals surface area contributed by atoms with Gasteiger partial charge in [0.05, 0.1) is 6.54 Å². The minimum absolute atomic E-state index is 0.161. The van der Waals surface area contributed by atoms with Crippen LogP contribution in [0.3, 0.4) is 0 Å². The lowest BCUT2D eigenvalue weighted by molar-refractivity contribution is -0.131. The standard InChI is InChI=1S/C15H18N2O4/c1-10(2)17(9-13(16)18)15(21)12-5-3-4-11(8-12)6-7-14(19)20/h3-8,10H,9H2,1-2H3,(H2,16,18)(H,19,20). The van der Waals surface area contributed by atoms with E-state index in [9.17, 15) is 14.4 Å². The average Bonchev–Trinajstić information content (AvgIpc) is 2.41. The van der Waals surface area contributed by atoms with E-state index in [0.29, 0.717) is 11.1 Å². The van der Waals surface area contributed by atoms with Crippen LogP contribution in [0.25, 0.3) is 6.08 Å². The van der Waals surface area contributed by atoms with Crippen LogP contribution in [0.2, 0.25) is 0 Å². The molecular weight excluding hydrogens is 272 g/mol. The van der Waals surface area contributed by atoms with Gasteiger partial charge in [0.15, 0.2) is 0 Å². The van der Waals surface area contributed by atoms with Gasteiger partial charge in [-0.25, -0.2) is 4.79 Å². The minimum Gasteiger partial charge on any atom is -0.478 e. The maximum Gasteiger partial charge on any atom is 0.328 e. The molecule has 0 aliphatic rings. The largest absolute Gasteiger partial charge is 0.478 e. The first kappa shape index (κ1) is 16.4. The van der Waals surface area contributed by atoms with Crippen molar-refractivity contribution in [3.63, 3.8) is 0 Å². The van der Waals surface area contributed by atoms with Crippen LogP contribution in [0.1, 0.15) is 29.8 Å². The summed E-state index contributed by atoms with van der Waals surface area (Å²) >= 11 is 0. The summed E-state index contributed by atoms with van der Waals surface area (Å²) in [6.07, 6.45) is 2.39. The zero-order valence-electron chi connectivity index (χ0n) is 11.9. The van der Waals surface area contributed by atoms with Gasteiger partial charge in [-0.15, -0.1) is 0 Å². The van der Waals surface area contributed by atoms with Crippen molar-refractivity contribution in [2.45, 2.75) is 19.9 Å². The Bertz CT molecular complexity index is 579. The van der Waals surface area contributed by atoms with Gasteiger partial charge in [0.2, 0.25) is 5.91 Å². The Balaban J connectivity index is 3.02. The highest BCUT2D eigenvalue weighted by Crippen LogP contribution is 2.12. The van der Waals surface area contributed by atoms with Gasteiger partial charge in [-0.1, -0.05) is 12.1 Å². The molecule has 1 rings (SSSR count). The first-order valence-corrected chi connectivity index (χ1v) is 6.41. The van der Waals surface area contributed by atoms with Crippen molar-refractivity contribution in [3.05, 3.63) is 41.5 Å². The molecule has 0 bridgehead atoms. The second-order valence-electron chi connectivity index (χ2n) is 4.79. The second kappa shape index (κ2) is 7.23. The fraction of sp³-hybridized carbons (Fsp3) is 0.267. The first-order valence-electron chi connectivity index (χ1n) is 6.41. The fourth-order valence-corrected chi connectivity index (χ4v) is 1.77. The van der Waals surface area contributed by atoms with Crippen molar-refractivity contribution in [3.8, 4) is 0 Å². The van der Waals surface area contributed by atoms with Crippen LogP contribution in [-0.4, -0.2) is 40.4 Å². The molecule has 0 atom stereocenters. The SMILES string of the molecule is CC(C)N(CC(N)=O)C(=O)c1cccc(C=CC(=O)O)c1. The number of nitrogens with zero attached hydrogens (tertiary/aromatic N) is 1. The third-order valence-electron chi connectivity index (χ3n) is 2.76. The number of hydrogen-bond donors (Lipinski definition) is 2. The van der Waals surface area contributed by atoms with Crippen molar-refractivity contribution >= 4 is 23.9 Å². The van der Waals surface area contributed by atoms with E-state index in [-0.39, 0.29) is 18.5 Å². The van der Waals surface area contributed by atoms with Gasteiger partial charge < -0.3 is 15.7 Å². The summed E-state index contributed by atoms with van der Waals surface area (Å²) in [7, 11) is 0. The summed E-state index contributed by atoms with van der Waals surface area (Å²) in [5.41, 5.74) is 6.11. The van der Waals surface area contributed by atoms with Gasteiger partial charge in [0.1, 0.15) is 0 Å². The van der Waals surface area contributed by atoms with Gasteiger partial charge in [-0.2, -0.15) is 0 Å². The molecule has 0 saturated carbocycles. The molecule has 6 nitrogen and oxygen atoms in total. The van der Waals surface area contributed by atoms with E-state index in [1.54, 1.807) is 38.1 Å². The molecule has 0 heterocycles. The fourth-order valence-electron chi connectivity index (χ4n) is 1.77. The van der Waals surface area contributed by atoms with Gasteiger partial charge >= 0.3 is 5.97 Å². The smallest absolute Gasteiger partial charge is 0.328 e. The van der Waals surface area contributed by atoms with E-state index in [1.165, 1.54) is 11.0 Å². The Kier molecular flexibility index (Phi) is 5.66. The van der Waals surface area contributed by atoms with Crippen LogP contribution >= 0.6 is 0 Å². The number of benzene rings is 1. The lowest BCUT2D eigenvalue weighted by Gasteiger charge is -2.25. The van der Waals surface area contributed by atoms with E-state index in [1.807, 2.05) is 0 Å². The van der Waals surface area contributed by atoms with E-state index in [2.05, 4.69) is 0 Å². The summed E-state index contributed by atoms with van der Waals surface area (Å²) in [6.45, 7) is 3.41. The van der Waals surface area contributed by atoms with Crippen molar-refractivity contribution in [2.75, 3.05) is 6.54 Å². The van der Waals surface area contributed by atoms with Gasteiger partial charge in [0.25, 0.3) is 5.91 Å². The summed E-state index contributed by atoms with van der Waals surface area (Å²) in [5, 5.41) is 8.60. The number of carbonyl (C=O) groups excluding carboxylic acids is 2. The van der Waals surface area contributed by atoms with Crippen LogP contribution in [0.5, 0.6) is 0 Å². The monoisotopic (exact) mass is 290 g/mol. The topological polar surface area (TPSA) is 101 Å². The maximum absolute atomic E-state index is 12.4. The van der Waals surface area contributed by atoms with Gasteiger partial charge in [0, 0.05) is 17.7 Å². The molecule has 0 aliphatic carbocycles. The lowest BCUT2D eigenvalue weighted by atomic mass is 10.1. The number of carboxylic acid groups (broad SMARTS) is 1. The van der Waals surface area contributed by atoms with E-state index >= 15 is 0 Å². The molecule has 0 aromatic heterocycles. The van der Waals surface area contributed by atoms with Crippen LogP contribution < -0.4 is 5.73 Å². The zero-order chi connectivity index (χ0) is 16.0. The molecule has 0 saturated heterocycles. The Morgan fingerprint density at radius 3 is 2.52 bits per heavy atom. The Morgan fingerprint density at radius 1 is 1.33 bits per heavy atom. The Labute approximate surface area is 122 Å². The zero-order valence-corrected chi connectivity index (χ0v) is 11.9. The number of primary amides is 1. The van der Waals surface area contributed by atoms with Crippen LogP contribution in [-0.2, 0) is 9.59 Å². The van der Waals surface area contributed by atoms with E-state index in [4.69, 9.17) is 10.8 Å². The molecular formula is C15H18N2O4. The van der Waals surface area contributed by atoms with Crippen LogP contribution in [0, 0.1) is 0 Å². The molecule has 6 heteroatoms. The molecule has 0 aliphatic heterocycles. The third kappa shape index (κ3) is 5.10. The number of hydrogen-bond acceptors (Lipinski definition) is 3. The number of amides is 2. The predicted molar refractivity (Wildman–Crippen MR) is 78.5 cm³/mol. The Hall–Kier alpha value is -2.63. The van der Waals surface area contributed by atoms with Crippen molar-refractivity contribution < 1.29 is 19.5 Å². The normalized spacial score (nSPS) is 10.8. The molecule has 1 aromatic rings. The van der Waals surface area contributed by atoms with Gasteiger partial charge in [-0.3, -0.25) is 9.59 Å². The highest BCUT2D eigenvalue weighted by Gasteiger charge is 2.20. The predicted octanol–water partition coefficient (Wildman–Crippen LogP) is 1.12. The molecule has 3 N–H and O–H groups in total. The average molecular weight is 290 g/mol. The van der Waals surface area contributed by atoms with Crippen molar-refractivity contribution in [1.82, 2.24) is 4.90 Å². The summed E-state index contributed by atoms with van der Waals surface area (Å²) in [5.74, 6) is -1.97. The van der Waals surface area contributed by atoms with Gasteiger partial charge in [-0.05, 0) is 37.6 Å². The molecule has 1 aromatic carbocycles. The quantitative estimate of drug-likeness (QED) is 0.766. The summed E-state index contributed by atoms with van der Waals surface area (Å²) < 4.78 is 0. The number of nitrogens with two attached hydrogens (primary N) is 1. The Morgan fingerprint density at radius 2 is 2.00 bits per heavy atom. The molecule has 0 radical (unpaired) electrons. The molecule has 0 unspecified atom stereocenters. The van der Waals surface area contributed by atoms with E-state index in [0.717, 1.165) is 6.08 Å². The molecule has 2 amide bonds. The summed E-state index contributed by atoms with van der Waals surface area (Å²) in [4.78, 5) is 35.3. The first-order chi connectivity index (χ1) is 9.81. The van der Waals surface area contributed by atoms with Crippen molar-refractivity contribution in [1.29, 1.82) is 0 Å².